The van der Waals surface area contributed by atoms with Crippen LogP contribution in [0, 0.1) is 5.92 Å². The van der Waals surface area contributed by atoms with Crippen molar-refractivity contribution in [3.05, 3.63) is 12.7 Å². The Labute approximate surface area is 93.7 Å². The van der Waals surface area contributed by atoms with E-state index in [1.807, 2.05) is 0 Å². The van der Waals surface area contributed by atoms with E-state index in [2.05, 4.69) is 27.4 Å². The lowest BCUT2D eigenvalue weighted by atomic mass is 10.0. The average molecular weight is 212 g/mol. The second kappa shape index (κ2) is 8.51. The monoisotopic (exact) mass is 212 g/mol. The van der Waals surface area contributed by atoms with Gasteiger partial charge in [-0.1, -0.05) is 46.6 Å². The van der Waals surface area contributed by atoms with E-state index in [1.54, 1.807) is 0 Å². The van der Waals surface area contributed by atoms with Crippen LogP contribution in [0.25, 0.3) is 0 Å². The fraction of sp³-hybridized carbons (Fsp3) is 0.769. The van der Waals surface area contributed by atoms with Crippen molar-refractivity contribution in [2.45, 2.75) is 59.0 Å². The van der Waals surface area contributed by atoms with Crippen molar-refractivity contribution >= 4 is 5.97 Å². The Morgan fingerprint density at radius 2 is 2.00 bits per heavy atom. The highest BCUT2D eigenvalue weighted by Gasteiger charge is 2.16. The fourth-order valence-electron chi connectivity index (χ4n) is 1.50. The van der Waals surface area contributed by atoms with Crippen molar-refractivity contribution in [2.75, 3.05) is 0 Å². The molecule has 0 fully saturated rings. The van der Waals surface area contributed by atoms with E-state index in [-0.39, 0.29) is 12.1 Å². The third kappa shape index (κ3) is 7.18. The zero-order valence-corrected chi connectivity index (χ0v) is 10.3. The summed E-state index contributed by atoms with van der Waals surface area (Å²) in [5.41, 5.74) is 0. The summed E-state index contributed by atoms with van der Waals surface area (Å²) in [6, 6.07) is 0. The van der Waals surface area contributed by atoms with E-state index in [0.717, 1.165) is 12.8 Å². The predicted octanol–water partition coefficient (Wildman–Crippen LogP) is 3.71. The molecule has 0 saturated carbocycles. The van der Waals surface area contributed by atoms with Gasteiger partial charge in [-0.15, -0.1) is 0 Å². The summed E-state index contributed by atoms with van der Waals surface area (Å²) in [6.45, 7) is 9.77. The van der Waals surface area contributed by atoms with Crippen molar-refractivity contribution in [1.82, 2.24) is 0 Å². The molecular weight excluding hydrogens is 188 g/mol. The Hall–Kier alpha value is -0.790. The summed E-state index contributed by atoms with van der Waals surface area (Å²) < 4.78 is 5.28. The molecule has 0 amide bonds. The first-order chi connectivity index (χ1) is 7.11. The van der Waals surface area contributed by atoms with Crippen molar-refractivity contribution in [1.29, 1.82) is 0 Å². The SMILES string of the molecule is C=CC(=O)OC(CCCCCC)C(C)C. The van der Waals surface area contributed by atoms with Crippen molar-refractivity contribution in [3.63, 3.8) is 0 Å². The van der Waals surface area contributed by atoms with Crippen LogP contribution in [0.2, 0.25) is 0 Å². The largest absolute Gasteiger partial charge is 0.459 e. The van der Waals surface area contributed by atoms with Crippen LogP contribution in [0.5, 0.6) is 0 Å². The predicted molar refractivity (Wildman–Crippen MR) is 63.7 cm³/mol. The first-order valence-corrected chi connectivity index (χ1v) is 5.94. The van der Waals surface area contributed by atoms with Gasteiger partial charge in [0.15, 0.2) is 0 Å². The van der Waals surface area contributed by atoms with Gasteiger partial charge in [-0.05, 0) is 18.8 Å². The van der Waals surface area contributed by atoms with Crippen molar-refractivity contribution in [3.8, 4) is 0 Å². The Balaban J connectivity index is 3.83. The van der Waals surface area contributed by atoms with Gasteiger partial charge >= 0.3 is 5.97 Å². The van der Waals surface area contributed by atoms with E-state index < -0.39 is 0 Å². The number of unbranched alkanes of at least 4 members (excludes halogenated alkanes) is 3. The Kier molecular flexibility index (Phi) is 8.06. The molecule has 2 nitrogen and oxygen atoms in total. The van der Waals surface area contributed by atoms with Crippen molar-refractivity contribution < 1.29 is 9.53 Å². The van der Waals surface area contributed by atoms with Crippen LogP contribution in [0.4, 0.5) is 0 Å². The van der Waals surface area contributed by atoms with Crippen LogP contribution in [0.15, 0.2) is 12.7 Å². The summed E-state index contributed by atoms with van der Waals surface area (Å²) in [5, 5.41) is 0. The van der Waals surface area contributed by atoms with E-state index in [1.165, 1.54) is 25.3 Å². The molecule has 1 unspecified atom stereocenters. The first kappa shape index (κ1) is 14.2. The van der Waals surface area contributed by atoms with Gasteiger partial charge in [0.1, 0.15) is 6.10 Å². The molecule has 1 atom stereocenters. The number of rotatable bonds is 8. The lowest BCUT2D eigenvalue weighted by Crippen LogP contribution is -2.22. The standard InChI is InChI=1S/C13H24O2/c1-5-7-8-9-10-12(11(3)4)15-13(14)6-2/h6,11-12H,2,5,7-10H2,1,3-4H3. The van der Waals surface area contributed by atoms with Crippen LogP contribution in [-0.2, 0) is 9.53 Å². The Morgan fingerprint density at radius 3 is 2.47 bits per heavy atom. The summed E-state index contributed by atoms with van der Waals surface area (Å²) in [6.07, 6.45) is 7.12. The van der Waals surface area contributed by atoms with Gasteiger partial charge in [0.05, 0.1) is 0 Å². The number of hydrogen-bond donors (Lipinski definition) is 0. The quantitative estimate of drug-likeness (QED) is 0.348. The van der Waals surface area contributed by atoms with Crippen LogP contribution < -0.4 is 0 Å². The molecule has 0 saturated heterocycles. The van der Waals surface area contributed by atoms with Gasteiger partial charge in [0.25, 0.3) is 0 Å². The van der Waals surface area contributed by atoms with Gasteiger partial charge in [0.2, 0.25) is 0 Å². The number of esters is 1. The second-order valence-electron chi connectivity index (χ2n) is 4.27. The molecule has 0 aliphatic rings. The molecule has 0 aromatic rings. The maximum atomic E-state index is 11.1. The van der Waals surface area contributed by atoms with Crippen LogP contribution in [0.3, 0.4) is 0 Å². The minimum atomic E-state index is -0.302. The maximum Gasteiger partial charge on any atom is 0.330 e. The lowest BCUT2D eigenvalue weighted by Gasteiger charge is -2.20. The van der Waals surface area contributed by atoms with Gasteiger partial charge in [-0.25, -0.2) is 4.79 Å². The number of carbonyl (C=O) groups is 1. The van der Waals surface area contributed by atoms with Crippen molar-refractivity contribution in [2.24, 2.45) is 5.92 Å². The van der Waals surface area contributed by atoms with Gasteiger partial charge in [-0.2, -0.15) is 0 Å². The Morgan fingerprint density at radius 1 is 1.33 bits per heavy atom. The summed E-state index contributed by atoms with van der Waals surface area (Å²) >= 11 is 0. The molecule has 88 valence electrons. The summed E-state index contributed by atoms with van der Waals surface area (Å²) in [4.78, 5) is 11.1. The zero-order valence-electron chi connectivity index (χ0n) is 10.3. The molecule has 2 heteroatoms. The zero-order chi connectivity index (χ0) is 11.7. The van der Waals surface area contributed by atoms with E-state index >= 15 is 0 Å². The Bertz CT molecular complexity index is 185. The molecule has 0 aromatic carbocycles. The van der Waals surface area contributed by atoms with E-state index in [0.29, 0.717) is 5.92 Å². The smallest absolute Gasteiger partial charge is 0.330 e. The summed E-state index contributed by atoms with van der Waals surface area (Å²) in [5.74, 6) is 0.0831. The topological polar surface area (TPSA) is 26.3 Å². The molecule has 0 N–H and O–H groups in total. The average Bonchev–Trinajstić information content (AvgIpc) is 2.21. The van der Waals surface area contributed by atoms with E-state index in [4.69, 9.17) is 4.74 Å². The highest BCUT2D eigenvalue weighted by Crippen LogP contribution is 2.15. The molecule has 0 radical (unpaired) electrons. The minimum absolute atomic E-state index is 0.0485. The maximum absolute atomic E-state index is 11.1. The third-order valence-electron chi connectivity index (χ3n) is 2.52. The van der Waals surface area contributed by atoms with Gasteiger partial charge in [-0.3, -0.25) is 0 Å². The van der Waals surface area contributed by atoms with Gasteiger partial charge in [0, 0.05) is 6.08 Å². The minimum Gasteiger partial charge on any atom is -0.459 e. The van der Waals surface area contributed by atoms with Gasteiger partial charge < -0.3 is 4.74 Å². The highest BCUT2D eigenvalue weighted by atomic mass is 16.5. The van der Waals surface area contributed by atoms with E-state index in [9.17, 15) is 4.79 Å². The molecule has 0 aromatic heterocycles. The molecule has 0 bridgehead atoms. The molecule has 0 heterocycles. The van der Waals surface area contributed by atoms with Crippen LogP contribution >= 0.6 is 0 Å². The molecule has 0 aliphatic heterocycles. The summed E-state index contributed by atoms with van der Waals surface area (Å²) in [7, 11) is 0. The molecule has 15 heavy (non-hydrogen) atoms. The number of ether oxygens (including phenoxy) is 1. The van der Waals surface area contributed by atoms with Crippen LogP contribution in [-0.4, -0.2) is 12.1 Å². The number of carbonyl (C=O) groups excluding carboxylic acids is 1. The highest BCUT2D eigenvalue weighted by molar-refractivity contribution is 5.81. The lowest BCUT2D eigenvalue weighted by molar-refractivity contribution is -0.145. The third-order valence-corrected chi connectivity index (χ3v) is 2.52. The second-order valence-corrected chi connectivity index (χ2v) is 4.27. The number of hydrogen-bond acceptors (Lipinski definition) is 2. The first-order valence-electron chi connectivity index (χ1n) is 5.94. The normalized spacial score (nSPS) is 12.5. The molecule has 0 spiro atoms. The van der Waals surface area contributed by atoms with Crippen LogP contribution in [0.1, 0.15) is 52.9 Å². The fourth-order valence-corrected chi connectivity index (χ4v) is 1.50. The molecule has 0 aliphatic carbocycles. The molecule has 0 rings (SSSR count). The molecular formula is C13H24O2.